The molecule has 1 atom stereocenters. The molecule has 4 nitrogen and oxygen atoms in total. The van der Waals surface area contributed by atoms with E-state index in [-0.39, 0.29) is 5.54 Å². The monoisotopic (exact) mass is 257 g/mol. The molecule has 19 heavy (non-hydrogen) atoms. The van der Waals surface area contributed by atoms with Gasteiger partial charge in [0.1, 0.15) is 0 Å². The predicted octanol–water partition coefficient (Wildman–Crippen LogP) is 2.14. The molecular weight excluding hydrogens is 238 g/mol. The Morgan fingerprint density at radius 1 is 1.37 bits per heavy atom. The fourth-order valence-electron chi connectivity index (χ4n) is 2.31. The van der Waals surface area contributed by atoms with E-state index >= 15 is 0 Å². The maximum Gasteiger partial charge on any atom is 0.0646 e. The third-order valence-electron chi connectivity index (χ3n) is 3.64. The minimum atomic E-state index is 0.126. The van der Waals surface area contributed by atoms with Gasteiger partial charge in [0.05, 0.1) is 12.3 Å². The summed E-state index contributed by atoms with van der Waals surface area (Å²) in [6.45, 7) is 4.76. The second-order valence-electron chi connectivity index (χ2n) is 5.33. The van der Waals surface area contributed by atoms with Crippen molar-refractivity contribution in [3.8, 4) is 5.69 Å². The van der Waals surface area contributed by atoms with Crippen LogP contribution >= 0.6 is 0 Å². The molecule has 1 unspecified atom stereocenters. The van der Waals surface area contributed by atoms with Crippen LogP contribution in [0.25, 0.3) is 5.69 Å². The molecule has 0 radical (unpaired) electrons. The van der Waals surface area contributed by atoms with E-state index < -0.39 is 0 Å². The Hall–Kier alpha value is -1.65. The highest BCUT2D eigenvalue weighted by Gasteiger charge is 2.28. The van der Waals surface area contributed by atoms with Crippen molar-refractivity contribution in [1.29, 1.82) is 0 Å². The van der Waals surface area contributed by atoms with E-state index in [4.69, 9.17) is 4.74 Å². The third kappa shape index (κ3) is 2.85. The molecule has 1 aromatic heterocycles. The highest BCUT2D eigenvalue weighted by molar-refractivity contribution is 5.33. The molecule has 2 heterocycles. The van der Waals surface area contributed by atoms with Crippen molar-refractivity contribution in [2.24, 2.45) is 0 Å². The molecule has 1 fully saturated rings. The third-order valence-corrected chi connectivity index (χ3v) is 3.64. The zero-order chi connectivity index (χ0) is 13.1. The van der Waals surface area contributed by atoms with Crippen molar-refractivity contribution in [3.05, 3.63) is 48.3 Å². The normalized spacial score (nSPS) is 22.8. The van der Waals surface area contributed by atoms with Crippen molar-refractivity contribution < 1.29 is 4.74 Å². The first-order chi connectivity index (χ1) is 9.25. The summed E-state index contributed by atoms with van der Waals surface area (Å²) < 4.78 is 7.31. The molecule has 1 N–H and O–H groups in total. The zero-order valence-electron chi connectivity index (χ0n) is 11.2. The Labute approximate surface area is 113 Å². The molecule has 3 rings (SSSR count). The second-order valence-corrected chi connectivity index (χ2v) is 5.33. The SMILES string of the molecule is CC1(NCc2ccc(-n3cccn3)cc2)CCOC1. The van der Waals surface area contributed by atoms with E-state index in [1.165, 1.54) is 5.56 Å². The highest BCUT2D eigenvalue weighted by atomic mass is 16.5. The van der Waals surface area contributed by atoms with Gasteiger partial charge < -0.3 is 10.1 Å². The molecule has 0 spiro atoms. The quantitative estimate of drug-likeness (QED) is 0.912. The van der Waals surface area contributed by atoms with Gasteiger partial charge in [0.25, 0.3) is 0 Å². The molecule has 0 amide bonds. The van der Waals surface area contributed by atoms with Crippen LogP contribution in [0.4, 0.5) is 0 Å². The number of nitrogens with one attached hydrogen (secondary N) is 1. The van der Waals surface area contributed by atoms with E-state index in [9.17, 15) is 0 Å². The van der Waals surface area contributed by atoms with Crippen LogP contribution in [0, 0.1) is 0 Å². The lowest BCUT2D eigenvalue weighted by molar-refractivity contribution is 0.171. The molecule has 1 aromatic carbocycles. The van der Waals surface area contributed by atoms with E-state index in [0.29, 0.717) is 0 Å². The lowest BCUT2D eigenvalue weighted by Gasteiger charge is -2.23. The zero-order valence-corrected chi connectivity index (χ0v) is 11.2. The molecule has 0 saturated carbocycles. The van der Waals surface area contributed by atoms with E-state index in [0.717, 1.165) is 31.9 Å². The van der Waals surface area contributed by atoms with Crippen LogP contribution in [-0.2, 0) is 11.3 Å². The number of hydrogen-bond acceptors (Lipinski definition) is 3. The van der Waals surface area contributed by atoms with Crippen LogP contribution in [-0.4, -0.2) is 28.5 Å². The van der Waals surface area contributed by atoms with Gasteiger partial charge in [0.2, 0.25) is 0 Å². The number of aromatic nitrogens is 2. The first-order valence-corrected chi connectivity index (χ1v) is 6.67. The average molecular weight is 257 g/mol. The summed E-state index contributed by atoms with van der Waals surface area (Å²) in [7, 11) is 0. The Kier molecular flexibility index (Phi) is 3.36. The molecule has 1 saturated heterocycles. The molecule has 2 aromatic rings. The summed E-state index contributed by atoms with van der Waals surface area (Å²) in [4.78, 5) is 0. The average Bonchev–Trinajstić information content (AvgIpc) is 3.09. The number of nitrogens with zero attached hydrogens (tertiary/aromatic N) is 2. The van der Waals surface area contributed by atoms with E-state index in [1.54, 1.807) is 6.20 Å². The summed E-state index contributed by atoms with van der Waals surface area (Å²) in [6.07, 6.45) is 4.82. The van der Waals surface area contributed by atoms with Crippen LogP contribution in [0.15, 0.2) is 42.7 Å². The van der Waals surface area contributed by atoms with Gasteiger partial charge in [0, 0.05) is 31.1 Å². The van der Waals surface area contributed by atoms with Crippen molar-refractivity contribution in [1.82, 2.24) is 15.1 Å². The lowest BCUT2D eigenvalue weighted by Crippen LogP contribution is -2.42. The molecule has 100 valence electrons. The summed E-state index contributed by atoms with van der Waals surface area (Å²) in [5.74, 6) is 0. The maximum absolute atomic E-state index is 5.44. The van der Waals surface area contributed by atoms with E-state index in [2.05, 4.69) is 41.6 Å². The molecule has 1 aliphatic heterocycles. The Morgan fingerprint density at radius 2 is 2.21 bits per heavy atom. The first kappa shape index (κ1) is 12.4. The number of ether oxygens (including phenoxy) is 1. The van der Waals surface area contributed by atoms with Crippen molar-refractivity contribution in [2.75, 3.05) is 13.2 Å². The van der Waals surface area contributed by atoms with Crippen LogP contribution in [0.3, 0.4) is 0 Å². The number of rotatable bonds is 4. The molecule has 0 aliphatic carbocycles. The van der Waals surface area contributed by atoms with Gasteiger partial charge in [-0.3, -0.25) is 0 Å². The van der Waals surface area contributed by atoms with Crippen molar-refractivity contribution in [2.45, 2.75) is 25.4 Å². The van der Waals surface area contributed by atoms with Gasteiger partial charge in [-0.1, -0.05) is 12.1 Å². The Morgan fingerprint density at radius 3 is 2.84 bits per heavy atom. The molecule has 4 heteroatoms. The van der Waals surface area contributed by atoms with Gasteiger partial charge in [-0.25, -0.2) is 4.68 Å². The van der Waals surface area contributed by atoms with Crippen molar-refractivity contribution >= 4 is 0 Å². The van der Waals surface area contributed by atoms with Gasteiger partial charge in [-0.15, -0.1) is 0 Å². The van der Waals surface area contributed by atoms with Crippen LogP contribution < -0.4 is 5.32 Å². The highest BCUT2D eigenvalue weighted by Crippen LogP contribution is 2.18. The fourth-order valence-corrected chi connectivity index (χ4v) is 2.31. The first-order valence-electron chi connectivity index (χ1n) is 6.67. The van der Waals surface area contributed by atoms with E-state index in [1.807, 2.05) is 16.9 Å². The summed E-state index contributed by atoms with van der Waals surface area (Å²) in [5.41, 5.74) is 2.49. The predicted molar refractivity (Wildman–Crippen MR) is 74.2 cm³/mol. The van der Waals surface area contributed by atoms with Crippen LogP contribution in [0.2, 0.25) is 0 Å². The second kappa shape index (κ2) is 5.15. The van der Waals surface area contributed by atoms with Gasteiger partial charge >= 0.3 is 0 Å². The van der Waals surface area contributed by atoms with Gasteiger partial charge in [-0.05, 0) is 37.1 Å². The number of benzene rings is 1. The largest absolute Gasteiger partial charge is 0.379 e. The molecule has 0 bridgehead atoms. The van der Waals surface area contributed by atoms with Crippen LogP contribution in [0.1, 0.15) is 18.9 Å². The van der Waals surface area contributed by atoms with Gasteiger partial charge in [0.15, 0.2) is 0 Å². The number of hydrogen-bond donors (Lipinski definition) is 1. The summed E-state index contributed by atoms with van der Waals surface area (Å²) in [6, 6.07) is 10.4. The standard InChI is InChI=1S/C15H19N3O/c1-15(7-10-19-12-15)16-11-13-3-5-14(6-4-13)18-9-2-8-17-18/h2-6,8-9,16H,7,10-12H2,1H3. The van der Waals surface area contributed by atoms with Crippen LogP contribution in [0.5, 0.6) is 0 Å². The summed E-state index contributed by atoms with van der Waals surface area (Å²) >= 11 is 0. The minimum absolute atomic E-state index is 0.126. The smallest absolute Gasteiger partial charge is 0.0646 e. The maximum atomic E-state index is 5.44. The molecule has 1 aliphatic rings. The Balaban J connectivity index is 1.63. The van der Waals surface area contributed by atoms with Gasteiger partial charge in [-0.2, -0.15) is 5.10 Å². The van der Waals surface area contributed by atoms with Crippen molar-refractivity contribution in [3.63, 3.8) is 0 Å². The Bertz CT molecular complexity index is 513. The molecular formula is C15H19N3O. The lowest BCUT2D eigenvalue weighted by atomic mass is 10.0. The fraction of sp³-hybridized carbons (Fsp3) is 0.400. The topological polar surface area (TPSA) is 39.1 Å². The summed E-state index contributed by atoms with van der Waals surface area (Å²) in [5, 5.41) is 7.80. The minimum Gasteiger partial charge on any atom is -0.379 e.